The van der Waals surface area contributed by atoms with Gasteiger partial charge in [0.05, 0.1) is 23.0 Å². The maximum atomic E-state index is 6.26. The highest BCUT2D eigenvalue weighted by Gasteiger charge is 2.19. The van der Waals surface area contributed by atoms with Gasteiger partial charge in [-0.25, -0.2) is 0 Å². The van der Waals surface area contributed by atoms with E-state index in [1.807, 2.05) is 11.7 Å². The highest BCUT2D eigenvalue weighted by atomic mass is 35.5. The summed E-state index contributed by atoms with van der Waals surface area (Å²) >= 11 is 6.26. The molecule has 1 aromatic carbocycles. The summed E-state index contributed by atoms with van der Waals surface area (Å²) in [7, 11) is 1.93. The molecule has 19 heavy (non-hydrogen) atoms. The van der Waals surface area contributed by atoms with Gasteiger partial charge >= 0.3 is 0 Å². The third-order valence-electron chi connectivity index (χ3n) is 3.40. The second-order valence-corrected chi connectivity index (χ2v) is 5.15. The van der Waals surface area contributed by atoms with Gasteiger partial charge in [-0.2, -0.15) is 5.10 Å². The summed E-state index contributed by atoms with van der Waals surface area (Å²) in [5.41, 5.74) is 3.70. The molecular formula is C15H20ClN3. The Kier molecular flexibility index (Phi) is 4.61. The SMILES string of the molecule is CCNC(Cc1ccccc1C)c1c(Cl)cnn1C. The maximum Gasteiger partial charge on any atom is 0.0834 e. The average Bonchev–Trinajstić information content (AvgIpc) is 2.71. The van der Waals surface area contributed by atoms with Crippen LogP contribution in [0.25, 0.3) is 0 Å². The molecule has 0 fully saturated rings. The van der Waals surface area contributed by atoms with Gasteiger partial charge in [-0.15, -0.1) is 0 Å². The normalized spacial score (nSPS) is 12.6. The molecule has 0 spiro atoms. The Hall–Kier alpha value is -1.32. The Bertz CT molecular complexity index is 529. The number of hydrogen-bond acceptors (Lipinski definition) is 2. The third-order valence-corrected chi connectivity index (χ3v) is 3.69. The first-order chi connectivity index (χ1) is 9.13. The number of likely N-dealkylation sites (N-methyl/N-ethyl adjacent to an activating group) is 1. The van der Waals surface area contributed by atoms with Crippen LogP contribution in [0.5, 0.6) is 0 Å². The second kappa shape index (κ2) is 6.22. The number of hydrogen-bond donors (Lipinski definition) is 1. The van der Waals surface area contributed by atoms with Crippen LogP contribution in [0, 0.1) is 6.92 Å². The minimum atomic E-state index is 0.186. The van der Waals surface area contributed by atoms with Crippen molar-refractivity contribution >= 4 is 11.6 Å². The number of nitrogens with one attached hydrogen (secondary N) is 1. The monoisotopic (exact) mass is 277 g/mol. The first-order valence-corrected chi connectivity index (χ1v) is 6.96. The van der Waals surface area contributed by atoms with Gasteiger partial charge in [0, 0.05) is 7.05 Å². The van der Waals surface area contributed by atoms with Crippen LogP contribution >= 0.6 is 11.6 Å². The highest BCUT2D eigenvalue weighted by Crippen LogP contribution is 2.26. The first-order valence-electron chi connectivity index (χ1n) is 6.58. The molecule has 4 heteroatoms. The fourth-order valence-corrected chi connectivity index (χ4v) is 2.68. The number of aromatic nitrogens is 2. The van der Waals surface area contributed by atoms with Crippen molar-refractivity contribution in [2.45, 2.75) is 26.3 Å². The topological polar surface area (TPSA) is 29.9 Å². The van der Waals surface area contributed by atoms with Crippen LogP contribution in [0.3, 0.4) is 0 Å². The summed E-state index contributed by atoms with van der Waals surface area (Å²) in [6.07, 6.45) is 2.62. The van der Waals surface area contributed by atoms with Crippen LogP contribution in [-0.2, 0) is 13.5 Å². The number of aryl methyl sites for hydroxylation is 2. The van der Waals surface area contributed by atoms with Gasteiger partial charge in [0.2, 0.25) is 0 Å². The summed E-state index contributed by atoms with van der Waals surface area (Å²) in [4.78, 5) is 0. The van der Waals surface area contributed by atoms with Crippen LogP contribution in [0.15, 0.2) is 30.5 Å². The van der Waals surface area contributed by atoms with Crippen molar-refractivity contribution < 1.29 is 0 Å². The molecule has 3 nitrogen and oxygen atoms in total. The molecule has 2 aromatic rings. The molecule has 0 radical (unpaired) electrons. The zero-order valence-electron chi connectivity index (χ0n) is 11.7. The average molecular weight is 278 g/mol. The highest BCUT2D eigenvalue weighted by molar-refractivity contribution is 6.31. The molecule has 2 rings (SSSR count). The van der Waals surface area contributed by atoms with E-state index in [4.69, 9.17) is 11.6 Å². The van der Waals surface area contributed by atoms with Gasteiger partial charge in [-0.3, -0.25) is 4.68 Å². The van der Waals surface area contributed by atoms with E-state index in [2.05, 4.69) is 48.5 Å². The number of rotatable bonds is 5. The van der Waals surface area contributed by atoms with Gasteiger partial charge in [-0.1, -0.05) is 42.8 Å². The van der Waals surface area contributed by atoms with E-state index in [1.165, 1.54) is 11.1 Å². The van der Waals surface area contributed by atoms with Crippen LogP contribution < -0.4 is 5.32 Å². The van der Waals surface area contributed by atoms with E-state index in [0.717, 1.165) is 23.7 Å². The van der Waals surface area contributed by atoms with Crippen molar-refractivity contribution in [2.75, 3.05) is 6.54 Å². The van der Waals surface area contributed by atoms with E-state index in [-0.39, 0.29) is 6.04 Å². The lowest BCUT2D eigenvalue weighted by atomic mass is 9.99. The molecule has 0 aliphatic rings. The molecule has 0 amide bonds. The Labute approximate surface area is 119 Å². The van der Waals surface area contributed by atoms with E-state index >= 15 is 0 Å². The number of benzene rings is 1. The van der Waals surface area contributed by atoms with E-state index in [1.54, 1.807) is 6.20 Å². The molecule has 1 unspecified atom stereocenters. The van der Waals surface area contributed by atoms with Crippen LogP contribution in [0.2, 0.25) is 5.02 Å². The number of halogens is 1. The third kappa shape index (κ3) is 3.17. The smallest absolute Gasteiger partial charge is 0.0834 e. The lowest BCUT2D eigenvalue weighted by molar-refractivity contribution is 0.507. The quantitative estimate of drug-likeness (QED) is 0.909. The summed E-state index contributed by atoms with van der Waals surface area (Å²) in [6.45, 7) is 5.15. The first kappa shape index (κ1) is 14.1. The molecule has 0 bridgehead atoms. The molecule has 0 aliphatic carbocycles. The standard InChI is InChI=1S/C15H20ClN3/c1-4-17-14(15-13(16)10-18-19(15)3)9-12-8-6-5-7-11(12)2/h5-8,10,14,17H,4,9H2,1-3H3. The van der Waals surface area contributed by atoms with Crippen molar-refractivity contribution in [3.05, 3.63) is 52.3 Å². The molecule has 0 aliphatic heterocycles. The van der Waals surface area contributed by atoms with Gasteiger partial charge in [0.1, 0.15) is 0 Å². The molecule has 0 saturated heterocycles. The van der Waals surface area contributed by atoms with E-state index in [0.29, 0.717) is 0 Å². The Morgan fingerprint density at radius 2 is 2.11 bits per heavy atom. The van der Waals surface area contributed by atoms with Crippen LogP contribution in [0.4, 0.5) is 0 Å². The van der Waals surface area contributed by atoms with Gasteiger partial charge in [0.15, 0.2) is 0 Å². The van der Waals surface area contributed by atoms with E-state index in [9.17, 15) is 0 Å². The van der Waals surface area contributed by atoms with Crippen molar-refractivity contribution in [3.63, 3.8) is 0 Å². The summed E-state index contributed by atoms with van der Waals surface area (Å²) in [6, 6.07) is 8.65. The lowest BCUT2D eigenvalue weighted by Crippen LogP contribution is -2.25. The minimum Gasteiger partial charge on any atom is -0.309 e. The molecule has 0 saturated carbocycles. The Morgan fingerprint density at radius 3 is 2.68 bits per heavy atom. The fraction of sp³-hybridized carbons (Fsp3) is 0.400. The van der Waals surface area contributed by atoms with Gasteiger partial charge < -0.3 is 5.32 Å². The molecule has 1 heterocycles. The van der Waals surface area contributed by atoms with Crippen molar-refractivity contribution in [2.24, 2.45) is 7.05 Å². The molecular weight excluding hydrogens is 258 g/mol. The maximum absolute atomic E-state index is 6.26. The zero-order valence-corrected chi connectivity index (χ0v) is 12.4. The lowest BCUT2D eigenvalue weighted by Gasteiger charge is -2.20. The van der Waals surface area contributed by atoms with Crippen molar-refractivity contribution in [1.29, 1.82) is 0 Å². The van der Waals surface area contributed by atoms with Gasteiger partial charge in [-0.05, 0) is 31.0 Å². The largest absolute Gasteiger partial charge is 0.309 e. The predicted molar refractivity (Wildman–Crippen MR) is 79.5 cm³/mol. The van der Waals surface area contributed by atoms with Crippen LogP contribution in [0.1, 0.15) is 29.8 Å². The van der Waals surface area contributed by atoms with Crippen molar-refractivity contribution in [1.82, 2.24) is 15.1 Å². The number of nitrogens with zero attached hydrogens (tertiary/aromatic N) is 2. The van der Waals surface area contributed by atoms with E-state index < -0.39 is 0 Å². The predicted octanol–water partition coefficient (Wildman–Crippen LogP) is 3.28. The Balaban J connectivity index is 2.29. The van der Waals surface area contributed by atoms with Crippen molar-refractivity contribution in [3.8, 4) is 0 Å². The van der Waals surface area contributed by atoms with Gasteiger partial charge in [0.25, 0.3) is 0 Å². The summed E-state index contributed by atoms with van der Waals surface area (Å²) in [5.74, 6) is 0. The molecule has 102 valence electrons. The molecule has 1 aromatic heterocycles. The summed E-state index contributed by atoms with van der Waals surface area (Å²) in [5, 5.41) is 8.45. The minimum absolute atomic E-state index is 0.186. The fourth-order valence-electron chi connectivity index (χ4n) is 2.38. The second-order valence-electron chi connectivity index (χ2n) is 4.74. The molecule has 1 N–H and O–H groups in total. The Morgan fingerprint density at radius 1 is 1.37 bits per heavy atom. The summed E-state index contributed by atoms with van der Waals surface area (Å²) < 4.78 is 1.86. The zero-order chi connectivity index (χ0) is 13.8. The van der Waals surface area contributed by atoms with Crippen LogP contribution in [-0.4, -0.2) is 16.3 Å². The molecule has 1 atom stereocenters.